The van der Waals surface area contributed by atoms with Gasteiger partial charge in [0.2, 0.25) is 0 Å². The van der Waals surface area contributed by atoms with E-state index in [0.29, 0.717) is 0 Å². The maximum atomic E-state index is 5.95. The second-order valence-corrected chi connectivity index (χ2v) is 3.62. The SMILES string of the molecule is Clc1cc2c3c(c1)ncn3CCN2. The van der Waals surface area contributed by atoms with E-state index in [2.05, 4.69) is 14.9 Å². The molecule has 3 rings (SSSR count). The number of nitrogens with zero attached hydrogens (tertiary/aromatic N) is 2. The summed E-state index contributed by atoms with van der Waals surface area (Å²) in [5.41, 5.74) is 3.22. The first-order valence-corrected chi connectivity index (χ1v) is 4.61. The molecule has 0 saturated heterocycles. The van der Waals surface area contributed by atoms with Crippen LogP contribution < -0.4 is 5.32 Å². The summed E-state index contributed by atoms with van der Waals surface area (Å²) in [4.78, 5) is 4.29. The Bertz CT molecular complexity index is 475. The van der Waals surface area contributed by atoms with Gasteiger partial charge in [-0.25, -0.2) is 4.98 Å². The van der Waals surface area contributed by atoms with E-state index in [-0.39, 0.29) is 0 Å². The number of hydrogen-bond acceptors (Lipinski definition) is 2. The van der Waals surface area contributed by atoms with Gasteiger partial charge in [0.1, 0.15) is 0 Å². The van der Waals surface area contributed by atoms with Gasteiger partial charge in [0.25, 0.3) is 0 Å². The van der Waals surface area contributed by atoms with Gasteiger partial charge >= 0.3 is 0 Å². The van der Waals surface area contributed by atoms with Crippen LogP contribution in [0.3, 0.4) is 0 Å². The van der Waals surface area contributed by atoms with Crippen molar-refractivity contribution >= 4 is 28.3 Å². The Labute approximate surface area is 80.3 Å². The molecule has 0 bridgehead atoms. The van der Waals surface area contributed by atoms with E-state index in [0.717, 1.165) is 34.8 Å². The third-order valence-corrected chi connectivity index (χ3v) is 2.56. The van der Waals surface area contributed by atoms with E-state index in [9.17, 15) is 0 Å². The van der Waals surface area contributed by atoms with Gasteiger partial charge in [-0.1, -0.05) is 11.6 Å². The maximum Gasteiger partial charge on any atom is 0.0959 e. The summed E-state index contributed by atoms with van der Waals surface area (Å²) >= 11 is 5.95. The average Bonchev–Trinajstić information content (AvgIpc) is 2.50. The monoisotopic (exact) mass is 193 g/mol. The molecule has 2 heterocycles. The summed E-state index contributed by atoms with van der Waals surface area (Å²) < 4.78 is 2.15. The standard InChI is InChI=1S/C9H8ClN3/c10-6-3-7-9-8(4-6)12-5-13(9)2-1-11-7/h3-5,11H,1-2H2. The van der Waals surface area contributed by atoms with E-state index in [4.69, 9.17) is 11.6 Å². The lowest BCUT2D eigenvalue weighted by atomic mass is 10.2. The van der Waals surface area contributed by atoms with Crippen molar-refractivity contribution < 1.29 is 0 Å². The number of aromatic nitrogens is 2. The number of halogens is 1. The maximum absolute atomic E-state index is 5.95. The fraction of sp³-hybridized carbons (Fsp3) is 0.222. The van der Waals surface area contributed by atoms with Crippen molar-refractivity contribution in [3.05, 3.63) is 23.5 Å². The highest BCUT2D eigenvalue weighted by atomic mass is 35.5. The Kier molecular flexibility index (Phi) is 1.32. The molecule has 0 amide bonds. The average molecular weight is 194 g/mol. The Morgan fingerprint density at radius 3 is 3.31 bits per heavy atom. The molecule has 1 aliphatic heterocycles. The molecule has 2 aromatic rings. The first-order valence-electron chi connectivity index (χ1n) is 4.23. The summed E-state index contributed by atoms with van der Waals surface area (Å²) in [6.07, 6.45) is 1.87. The molecule has 4 heteroatoms. The zero-order chi connectivity index (χ0) is 8.84. The molecule has 13 heavy (non-hydrogen) atoms. The van der Waals surface area contributed by atoms with Crippen LogP contribution in [0.15, 0.2) is 18.5 Å². The Balaban J connectivity index is 2.47. The number of nitrogens with one attached hydrogen (secondary N) is 1. The molecule has 66 valence electrons. The normalized spacial score (nSPS) is 14.5. The lowest BCUT2D eigenvalue weighted by Gasteiger charge is -2.16. The predicted octanol–water partition coefficient (Wildman–Crippen LogP) is 2.12. The highest BCUT2D eigenvalue weighted by Crippen LogP contribution is 2.29. The smallest absolute Gasteiger partial charge is 0.0959 e. The quantitative estimate of drug-likeness (QED) is 0.695. The minimum atomic E-state index is 0.738. The van der Waals surface area contributed by atoms with Crippen LogP contribution in [0.1, 0.15) is 0 Å². The number of anilines is 1. The van der Waals surface area contributed by atoms with Gasteiger partial charge in [0.05, 0.1) is 23.0 Å². The Hall–Kier alpha value is -1.22. The lowest BCUT2D eigenvalue weighted by Crippen LogP contribution is -2.15. The van der Waals surface area contributed by atoms with Crippen molar-refractivity contribution in [2.24, 2.45) is 0 Å². The second-order valence-electron chi connectivity index (χ2n) is 3.19. The number of imidazole rings is 1. The predicted molar refractivity (Wildman–Crippen MR) is 53.2 cm³/mol. The number of rotatable bonds is 0. The van der Waals surface area contributed by atoms with Crippen LogP contribution in [0, 0.1) is 0 Å². The van der Waals surface area contributed by atoms with Gasteiger partial charge in [0.15, 0.2) is 0 Å². The molecule has 0 radical (unpaired) electrons. The minimum Gasteiger partial charge on any atom is -0.381 e. The van der Waals surface area contributed by atoms with Gasteiger partial charge < -0.3 is 9.88 Å². The topological polar surface area (TPSA) is 29.9 Å². The zero-order valence-electron chi connectivity index (χ0n) is 6.92. The van der Waals surface area contributed by atoms with Crippen LogP contribution in [-0.2, 0) is 6.54 Å². The first kappa shape index (κ1) is 7.21. The van der Waals surface area contributed by atoms with E-state index in [1.165, 1.54) is 0 Å². The molecule has 0 unspecified atom stereocenters. The van der Waals surface area contributed by atoms with E-state index in [1.807, 2.05) is 18.5 Å². The fourth-order valence-corrected chi connectivity index (χ4v) is 2.00. The molecule has 0 atom stereocenters. The van der Waals surface area contributed by atoms with Crippen molar-refractivity contribution in [2.45, 2.75) is 6.54 Å². The molecule has 3 nitrogen and oxygen atoms in total. The van der Waals surface area contributed by atoms with Crippen molar-refractivity contribution in [1.82, 2.24) is 9.55 Å². The molecular formula is C9H8ClN3. The highest BCUT2D eigenvalue weighted by molar-refractivity contribution is 6.31. The third kappa shape index (κ3) is 0.937. The first-order chi connectivity index (χ1) is 6.34. The summed E-state index contributed by atoms with van der Waals surface area (Å²) in [5.74, 6) is 0. The van der Waals surface area contributed by atoms with Gasteiger partial charge in [-0.2, -0.15) is 0 Å². The van der Waals surface area contributed by atoms with Gasteiger partial charge in [-0.15, -0.1) is 0 Å². The van der Waals surface area contributed by atoms with Crippen molar-refractivity contribution in [3.8, 4) is 0 Å². The number of benzene rings is 1. The fourth-order valence-electron chi connectivity index (χ4n) is 1.79. The zero-order valence-corrected chi connectivity index (χ0v) is 7.67. The molecule has 1 N–H and O–H groups in total. The van der Waals surface area contributed by atoms with Crippen LogP contribution in [0.4, 0.5) is 5.69 Å². The van der Waals surface area contributed by atoms with Crippen LogP contribution in [0.2, 0.25) is 5.02 Å². The van der Waals surface area contributed by atoms with E-state index >= 15 is 0 Å². The van der Waals surface area contributed by atoms with Crippen LogP contribution in [0.25, 0.3) is 11.0 Å². The van der Waals surface area contributed by atoms with Crippen molar-refractivity contribution in [2.75, 3.05) is 11.9 Å². The van der Waals surface area contributed by atoms with Crippen LogP contribution in [-0.4, -0.2) is 16.1 Å². The molecule has 0 spiro atoms. The molecule has 0 aliphatic carbocycles. The molecule has 0 fully saturated rings. The largest absolute Gasteiger partial charge is 0.381 e. The van der Waals surface area contributed by atoms with Crippen LogP contribution in [0.5, 0.6) is 0 Å². The Morgan fingerprint density at radius 2 is 2.38 bits per heavy atom. The van der Waals surface area contributed by atoms with Gasteiger partial charge in [-0.05, 0) is 12.1 Å². The van der Waals surface area contributed by atoms with E-state index in [1.54, 1.807) is 0 Å². The van der Waals surface area contributed by atoms with Gasteiger partial charge in [-0.3, -0.25) is 0 Å². The lowest BCUT2D eigenvalue weighted by molar-refractivity contribution is 0.734. The van der Waals surface area contributed by atoms with Crippen LogP contribution >= 0.6 is 11.6 Å². The van der Waals surface area contributed by atoms with Crippen molar-refractivity contribution in [1.29, 1.82) is 0 Å². The molecule has 1 aliphatic rings. The van der Waals surface area contributed by atoms with Crippen molar-refractivity contribution in [3.63, 3.8) is 0 Å². The highest BCUT2D eigenvalue weighted by Gasteiger charge is 2.12. The summed E-state index contributed by atoms with van der Waals surface area (Å²) in [6, 6.07) is 3.84. The number of hydrogen-bond donors (Lipinski definition) is 1. The summed E-state index contributed by atoms with van der Waals surface area (Å²) in [5, 5.41) is 4.05. The summed E-state index contributed by atoms with van der Waals surface area (Å²) in [7, 11) is 0. The Morgan fingerprint density at radius 1 is 1.46 bits per heavy atom. The minimum absolute atomic E-state index is 0.738. The third-order valence-electron chi connectivity index (χ3n) is 2.35. The molecule has 0 saturated carbocycles. The molecule has 1 aromatic heterocycles. The van der Waals surface area contributed by atoms with Gasteiger partial charge in [0, 0.05) is 18.1 Å². The summed E-state index contributed by atoms with van der Waals surface area (Å²) in [6.45, 7) is 1.92. The second kappa shape index (κ2) is 2.39. The van der Waals surface area contributed by atoms with E-state index < -0.39 is 0 Å². The molecular weight excluding hydrogens is 186 g/mol. The molecule has 1 aromatic carbocycles.